The van der Waals surface area contributed by atoms with E-state index in [1.54, 1.807) is 30.3 Å². The van der Waals surface area contributed by atoms with Crippen molar-refractivity contribution in [2.75, 3.05) is 30.4 Å². The zero-order valence-corrected chi connectivity index (χ0v) is 15.9. The van der Waals surface area contributed by atoms with Crippen LogP contribution in [0.2, 0.25) is 0 Å². The van der Waals surface area contributed by atoms with E-state index < -0.39 is 15.9 Å². The first kappa shape index (κ1) is 18.1. The van der Waals surface area contributed by atoms with Gasteiger partial charge in [0.25, 0.3) is 15.9 Å². The number of rotatable bonds is 4. The summed E-state index contributed by atoms with van der Waals surface area (Å²) < 4.78 is 32.5. The Balaban J connectivity index is 1.58. The summed E-state index contributed by atoms with van der Waals surface area (Å²) in [6.07, 6.45) is 4.25. The first-order chi connectivity index (χ1) is 13.4. The number of fused-ring (bicyclic) bond motifs is 1. The lowest BCUT2D eigenvalue weighted by atomic mass is 10.2. The lowest BCUT2D eigenvalue weighted by Gasteiger charge is -2.27. The molecule has 3 aromatic rings. The molecule has 28 heavy (non-hydrogen) atoms. The highest BCUT2D eigenvalue weighted by Crippen LogP contribution is 2.33. The number of nitrogens with zero attached hydrogens (tertiary/aromatic N) is 3. The van der Waals surface area contributed by atoms with Crippen LogP contribution in [0.4, 0.5) is 11.4 Å². The van der Waals surface area contributed by atoms with Crippen molar-refractivity contribution in [2.24, 2.45) is 0 Å². The molecule has 1 aliphatic heterocycles. The Morgan fingerprint density at radius 3 is 2.86 bits per heavy atom. The highest BCUT2D eigenvalue weighted by molar-refractivity contribution is 7.90. The van der Waals surface area contributed by atoms with Crippen molar-refractivity contribution in [3.63, 3.8) is 0 Å². The zero-order chi connectivity index (χ0) is 19.7. The minimum Gasteiger partial charge on any atom is -0.490 e. The fourth-order valence-electron chi connectivity index (χ4n) is 2.91. The minimum absolute atomic E-state index is 0.111. The van der Waals surface area contributed by atoms with Gasteiger partial charge in [0, 0.05) is 31.7 Å². The van der Waals surface area contributed by atoms with Gasteiger partial charge in [-0.05, 0) is 30.3 Å². The lowest BCUT2D eigenvalue weighted by Crippen LogP contribution is -2.28. The van der Waals surface area contributed by atoms with Crippen molar-refractivity contribution in [2.45, 2.75) is 4.90 Å². The number of carbonyl (C=O) groups is 1. The molecule has 0 bridgehead atoms. The number of pyridine rings is 1. The Kier molecular flexibility index (Phi) is 4.52. The van der Waals surface area contributed by atoms with Crippen LogP contribution in [0.1, 0.15) is 10.5 Å². The molecule has 4 rings (SSSR count). The second kappa shape index (κ2) is 7.01. The smallest absolute Gasteiger partial charge is 0.274 e. The number of anilines is 2. The van der Waals surface area contributed by atoms with E-state index in [4.69, 9.17) is 4.74 Å². The van der Waals surface area contributed by atoms with E-state index in [1.165, 1.54) is 30.7 Å². The van der Waals surface area contributed by atoms with Crippen LogP contribution in [0.5, 0.6) is 5.75 Å². The molecule has 0 saturated heterocycles. The summed E-state index contributed by atoms with van der Waals surface area (Å²) in [6.45, 7) is 1.25. The van der Waals surface area contributed by atoms with Gasteiger partial charge in [0.1, 0.15) is 18.1 Å². The number of nitrogens with one attached hydrogen (secondary N) is 1. The fraction of sp³-hybridized carbons (Fsp3) is 0.158. The average molecular weight is 398 g/mol. The Bertz CT molecular complexity index is 1130. The first-order valence-corrected chi connectivity index (χ1v) is 10.0. The van der Waals surface area contributed by atoms with Gasteiger partial charge in [0.05, 0.1) is 22.8 Å². The van der Waals surface area contributed by atoms with Gasteiger partial charge in [0.15, 0.2) is 0 Å². The molecule has 0 atom stereocenters. The predicted molar refractivity (Wildman–Crippen MR) is 104 cm³/mol. The molecule has 3 heterocycles. The molecule has 0 saturated carbocycles. The number of carbonyl (C=O) groups excluding carboxylic acids is 1. The standard InChI is InChI=1S/C19H18N4O4S/c1-22-10-11-27-18-12-15(5-6-17(18)22)28(25,26)23-9-7-14(13-23)21-19(24)16-4-2-3-8-20-16/h2-9,12-13H,10-11H2,1H3,(H,21,24). The molecule has 0 aliphatic carbocycles. The third-order valence-electron chi connectivity index (χ3n) is 4.42. The second-order valence-corrected chi connectivity index (χ2v) is 8.15. The summed E-state index contributed by atoms with van der Waals surface area (Å²) in [5, 5.41) is 2.64. The third-order valence-corrected chi connectivity index (χ3v) is 6.06. The van der Waals surface area contributed by atoms with Gasteiger partial charge in [-0.25, -0.2) is 12.4 Å². The molecule has 9 heteroatoms. The van der Waals surface area contributed by atoms with Gasteiger partial charge < -0.3 is 15.0 Å². The maximum atomic E-state index is 12.9. The molecule has 0 spiro atoms. The van der Waals surface area contributed by atoms with E-state index in [-0.39, 0.29) is 10.6 Å². The normalized spacial score (nSPS) is 13.5. The Morgan fingerprint density at radius 2 is 2.07 bits per heavy atom. The molecule has 0 fully saturated rings. The number of hydrogen-bond donors (Lipinski definition) is 1. The van der Waals surface area contributed by atoms with Crippen molar-refractivity contribution < 1.29 is 17.9 Å². The van der Waals surface area contributed by atoms with Crippen LogP contribution in [0.3, 0.4) is 0 Å². The Hall–Kier alpha value is -3.33. The van der Waals surface area contributed by atoms with Crippen molar-refractivity contribution in [3.05, 3.63) is 66.7 Å². The quantitative estimate of drug-likeness (QED) is 0.724. The molecule has 2 aromatic heterocycles. The molecule has 1 aromatic carbocycles. The Labute approximate surface area is 162 Å². The van der Waals surface area contributed by atoms with Crippen molar-refractivity contribution in [1.82, 2.24) is 8.96 Å². The van der Waals surface area contributed by atoms with Gasteiger partial charge in [-0.15, -0.1) is 0 Å². The third kappa shape index (κ3) is 3.31. The van der Waals surface area contributed by atoms with Gasteiger partial charge in [-0.1, -0.05) is 6.07 Å². The van der Waals surface area contributed by atoms with Crippen LogP contribution < -0.4 is 15.0 Å². The van der Waals surface area contributed by atoms with Crippen LogP contribution in [-0.2, 0) is 10.0 Å². The van der Waals surface area contributed by atoms with E-state index in [1.807, 2.05) is 11.9 Å². The van der Waals surface area contributed by atoms with E-state index in [0.29, 0.717) is 18.0 Å². The van der Waals surface area contributed by atoms with E-state index in [0.717, 1.165) is 16.2 Å². The zero-order valence-electron chi connectivity index (χ0n) is 15.1. The molecular weight excluding hydrogens is 380 g/mol. The average Bonchev–Trinajstić information content (AvgIpc) is 3.18. The summed E-state index contributed by atoms with van der Waals surface area (Å²) in [5.74, 6) is 0.117. The number of amides is 1. The molecule has 144 valence electrons. The van der Waals surface area contributed by atoms with E-state index >= 15 is 0 Å². The summed E-state index contributed by atoms with van der Waals surface area (Å²) in [6, 6.07) is 11.3. The summed E-state index contributed by atoms with van der Waals surface area (Å²) in [5.41, 5.74) is 1.45. The van der Waals surface area contributed by atoms with E-state index in [9.17, 15) is 13.2 Å². The minimum atomic E-state index is -3.82. The number of likely N-dealkylation sites (N-methyl/N-ethyl adjacent to an activating group) is 1. The Morgan fingerprint density at radius 1 is 1.21 bits per heavy atom. The van der Waals surface area contributed by atoms with Crippen LogP contribution in [0.15, 0.2) is 66.0 Å². The van der Waals surface area contributed by atoms with Crippen molar-refractivity contribution >= 4 is 27.3 Å². The number of ether oxygens (including phenoxy) is 1. The molecular formula is C19H18N4O4S. The summed E-state index contributed by atoms with van der Waals surface area (Å²) in [7, 11) is -1.89. The summed E-state index contributed by atoms with van der Waals surface area (Å²) in [4.78, 5) is 18.3. The predicted octanol–water partition coefficient (Wildman–Crippen LogP) is 2.20. The van der Waals surface area contributed by atoms with Crippen molar-refractivity contribution in [3.8, 4) is 5.75 Å². The number of benzene rings is 1. The molecule has 1 amide bonds. The largest absolute Gasteiger partial charge is 0.490 e. The molecule has 8 nitrogen and oxygen atoms in total. The summed E-state index contributed by atoms with van der Waals surface area (Å²) >= 11 is 0. The van der Waals surface area contributed by atoms with Crippen LogP contribution in [0.25, 0.3) is 0 Å². The van der Waals surface area contributed by atoms with Crippen LogP contribution >= 0.6 is 0 Å². The van der Waals surface area contributed by atoms with Gasteiger partial charge in [0.2, 0.25) is 0 Å². The van der Waals surface area contributed by atoms with Gasteiger partial charge >= 0.3 is 0 Å². The maximum Gasteiger partial charge on any atom is 0.274 e. The molecule has 0 unspecified atom stereocenters. The van der Waals surface area contributed by atoms with Gasteiger partial charge in [-0.2, -0.15) is 0 Å². The highest BCUT2D eigenvalue weighted by atomic mass is 32.2. The van der Waals surface area contributed by atoms with Crippen LogP contribution in [-0.4, -0.2) is 43.5 Å². The topological polar surface area (TPSA) is 93.5 Å². The molecule has 1 aliphatic rings. The monoisotopic (exact) mass is 398 g/mol. The SMILES string of the molecule is CN1CCOc2cc(S(=O)(=O)n3ccc(NC(=O)c4ccccn4)c3)ccc21. The second-order valence-electron chi connectivity index (χ2n) is 6.30. The van der Waals surface area contributed by atoms with E-state index in [2.05, 4.69) is 10.3 Å². The highest BCUT2D eigenvalue weighted by Gasteiger charge is 2.22. The molecule has 1 N–H and O–H groups in total. The number of aromatic nitrogens is 2. The number of hydrogen-bond acceptors (Lipinski definition) is 6. The van der Waals surface area contributed by atoms with Crippen LogP contribution in [0, 0.1) is 0 Å². The maximum absolute atomic E-state index is 12.9. The first-order valence-electron chi connectivity index (χ1n) is 8.59. The van der Waals surface area contributed by atoms with Gasteiger partial charge in [-0.3, -0.25) is 9.78 Å². The lowest BCUT2D eigenvalue weighted by molar-refractivity contribution is 0.102. The fourth-order valence-corrected chi connectivity index (χ4v) is 4.13. The van der Waals surface area contributed by atoms with Crippen molar-refractivity contribution in [1.29, 1.82) is 0 Å². The molecule has 0 radical (unpaired) electrons.